The highest BCUT2D eigenvalue weighted by Crippen LogP contribution is 2.46. The summed E-state index contributed by atoms with van der Waals surface area (Å²) in [6.07, 6.45) is -5.30. The van der Waals surface area contributed by atoms with Gasteiger partial charge in [-0.1, -0.05) is 0 Å². The van der Waals surface area contributed by atoms with Crippen LogP contribution in [0, 0.1) is 0 Å². The first-order valence-corrected chi connectivity index (χ1v) is 4.02. The lowest BCUT2D eigenvalue weighted by molar-refractivity contribution is -0.358. The fraction of sp³-hybridized carbons (Fsp3) is 0.571. The van der Waals surface area contributed by atoms with Crippen molar-refractivity contribution in [2.45, 2.75) is 18.0 Å². The van der Waals surface area contributed by atoms with Gasteiger partial charge in [-0.3, -0.25) is 0 Å². The molecule has 0 bridgehead atoms. The van der Waals surface area contributed by atoms with E-state index in [1.165, 1.54) is 0 Å². The third-order valence-electron chi connectivity index (χ3n) is 1.70. The van der Waals surface area contributed by atoms with Gasteiger partial charge in [-0.25, -0.2) is 5.10 Å². The molecule has 1 aromatic heterocycles. The molecule has 0 aromatic carbocycles. The number of hydrogen-bond acceptors (Lipinski definition) is 2. The predicted molar refractivity (Wildman–Crippen MR) is 40.0 cm³/mol. The molecule has 0 atom stereocenters. The van der Waals surface area contributed by atoms with Crippen molar-refractivity contribution in [2.24, 2.45) is 0 Å². The van der Waals surface area contributed by atoms with E-state index in [1.807, 2.05) is 5.10 Å². The van der Waals surface area contributed by atoms with Crippen molar-refractivity contribution >= 4 is 0 Å². The molecule has 1 heterocycles. The van der Waals surface area contributed by atoms with E-state index in [0.717, 1.165) is 12.3 Å². The summed E-state index contributed by atoms with van der Waals surface area (Å²) in [6, 6.07) is 0.988. The second kappa shape index (κ2) is 4.08. The number of nitrogens with zero attached hydrogens (tertiary/aromatic N) is 1. The summed E-state index contributed by atoms with van der Waals surface area (Å²) in [5.74, 6) is -12.0. The number of H-pyrrole nitrogens is 1. The van der Waals surface area contributed by atoms with Gasteiger partial charge in [-0.05, 0) is 0 Å². The van der Waals surface area contributed by atoms with E-state index >= 15 is 0 Å². The average Bonchev–Trinajstić information content (AvgIpc) is 2.65. The van der Waals surface area contributed by atoms with Crippen LogP contribution in [0.25, 0.3) is 0 Å². The molecule has 98 valence electrons. The number of aromatic amines is 1. The van der Waals surface area contributed by atoms with Crippen LogP contribution in [0.3, 0.4) is 0 Å². The molecular weight excluding hydrogens is 261 g/mol. The summed E-state index contributed by atoms with van der Waals surface area (Å²) < 4.78 is 89.1. The van der Waals surface area contributed by atoms with Crippen molar-refractivity contribution in [3.63, 3.8) is 0 Å². The van der Waals surface area contributed by atoms with Crippen molar-refractivity contribution in [1.82, 2.24) is 10.2 Å². The third kappa shape index (κ3) is 2.61. The lowest BCUT2D eigenvalue weighted by Gasteiger charge is -2.27. The van der Waals surface area contributed by atoms with Crippen LogP contribution in [-0.2, 0) is 0 Å². The van der Waals surface area contributed by atoms with Crippen LogP contribution >= 0.6 is 0 Å². The maximum absolute atomic E-state index is 12.7. The lowest BCUT2D eigenvalue weighted by Crippen LogP contribution is -2.54. The molecule has 0 aliphatic heterocycles. The van der Waals surface area contributed by atoms with Crippen LogP contribution in [0.15, 0.2) is 12.3 Å². The Morgan fingerprint density at radius 1 is 1.12 bits per heavy atom. The molecule has 10 heteroatoms. The first-order valence-electron chi connectivity index (χ1n) is 4.02. The zero-order valence-electron chi connectivity index (χ0n) is 7.86. The molecule has 0 spiro atoms. The fourth-order valence-corrected chi connectivity index (χ4v) is 0.790. The van der Waals surface area contributed by atoms with Gasteiger partial charge in [0, 0.05) is 6.07 Å². The van der Waals surface area contributed by atoms with Crippen LogP contribution in [-0.4, -0.2) is 34.8 Å². The van der Waals surface area contributed by atoms with Crippen LogP contribution in [0.2, 0.25) is 0 Å². The van der Waals surface area contributed by atoms with Gasteiger partial charge in [0.2, 0.25) is 5.88 Å². The number of hydrogen-bond donors (Lipinski definition) is 1. The van der Waals surface area contributed by atoms with E-state index in [4.69, 9.17) is 0 Å². The standard InChI is InChI=1S/C7H5F7N2O/c8-5(9,6(10,11)7(12,13)14)3-17-4-1-2-15-16-4/h1-2H,3H2,(H,15,16). The highest BCUT2D eigenvalue weighted by molar-refractivity contribution is 5.05. The molecule has 0 amide bonds. The van der Waals surface area contributed by atoms with E-state index in [-0.39, 0.29) is 0 Å². The lowest BCUT2D eigenvalue weighted by atomic mass is 10.2. The molecule has 0 saturated heterocycles. The van der Waals surface area contributed by atoms with Crippen LogP contribution < -0.4 is 4.74 Å². The number of rotatable bonds is 4. The summed E-state index contributed by atoms with van der Waals surface area (Å²) >= 11 is 0. The summed E-state index contributed by atoms with van der Waals surface area (Å²) in [5, 5.41) is 5.20. The quantitative estimate of drug-likeness (QED) is 0.850. The smallest absolute Gasteiger partial charge is 0.460 e. The molecule has 3 nitrogen and oxygen atoms in total. The van der Waals surface area contributed by atoms with Gasteiger partial charge in [-0.15, -0.1) is 0 Å². The molecule has 0 radical (unpaired) electrons. The van der Waals surface area contributed by atoms with Gasteiger partial charge in [0.05, 0.1) is 6.20 Å². The Labute approximate surface area is 89.6 Å². The molecule has 0 fully saturated rings. The van der Waals surface area contributed by atoms with Crippen molar-refractivity contribution in [3.05, 3.63) is 12.3 Å². The Balaban J connectivity index is 2.74. The molecular formula is C7H5F7N2O. The first-order chi connectivity index (χ1) is 7.58. The Bertz CT molecular complexity index is 359. The van der Waals surface area contributed by atoms with E-state index in [9.17, 15) is 30.7 Å². The molecule has 0 saturated carbocycles. The fourth-order valence-electron chi connectivity index (χ4n) is 0.790. The normalized spacial score (nSPS) is 13.8. The van der Waals surface area contributed by atoms with E-state index in [0.29, 0.717) is 0 Å². The number of ether oxygens (including phenoxy) is 1. The summed E-state index contributed by atoms with van der Waals surface area (Å²) in [6.45, 7) is -2.12. The Morgan fingerprint density at radius 3 is 2.12 bits per heavy atom. The number of aromatic nitrogens is 2. The average molecular weight is 266 g/mol. The van der Waals surface area contributed by atoms with Gasteiger partial charge < -0.3 is 4.74 Å². The largest absolute Gasteiger partial charge is 0.471 e. The number of nitrogens with one attached hydrogen (secondary N) is 1. The molecule has 1 aromatic rings. The maximum Gasteiger partial charge on any atom is 0.460 e. The molecule has 0 unspecified atom stereocenters. The second-order valence-electron chi connectivity index (χ2n) is 2.99. The maximum atomic E-state index is 12.7. The van der Waals surface area contributed by atoms with Gasteiger partial charge in [0.1, 0.15) is 0 Å². The summed E-state index contributed by atoms with van der Waals surface area (Å²) in [4.78, 5) is 0. The van der Waals surface area contributed by atoms with Crippen LogP contribution in [0.5, 0.6) is 5.88 Å². The van der Waals surface area contributed by atoms with Crippen molar-refractivity contribution in [2.75, 3.05) is 6.61 Å². The third-order valence-corrected chi connectivity index (χ3v) is 1.70. The molecule has 1 rings (SSSR count). The first kappa shape index (κ1) is 13.6. The predicted octanol–water partition coefficient (Wildman–Crippen LogP) is 2.62. The minimum absolute atomic E-state index is 0.442. The molecule has 1 N–H and O–H groups in total. The Morgan fingerprint density at radius 2 is 1.71 bits per heavy atom. The SMILES string of the molecule is FC(F)(F)C(F)(F)C(F)(F)COc1ccn[nH]1. The minimum Gasteiger partial charge on any atom is -0.471 e. The van der Waals surface area contributed by atoms with Crippen LogP contribution in [0.4, 0.5) is 30.7 Å². The van der Waals surface area contributed by atoms with Crippen LogP contribution in [0.1, 0.15) is 0 Å². The van der Waals surface area contributed by atoms with Gasteiger partial charge in [0.15, 0.2) is 6.61 Å². The Hall–Kier alpha value is -1.48. The van der Waals surface area contributed by atoms with Crippen molar-refractivity contribution in [1.29, 1.82) is 0 Å². The highest BCUT2D eigenvalue weighted by atomic mass is 19.4. The zero-order valence-corrected chi connectivity index (χ0v) is 7.86. The van der Waals surface area contributed by atoms with Crippen molar-refractivity contribution in [3.8, 4) is 5.88 Å². The highest BCUT2D eigenvalue weighted by Gasteiger charge is 2.73. The van der Waals surface area contributed by atoms with Gasteiger partial charge in [0.25, 0.3) is 0 Å². The summed E-state index contributed by atoms with van der Waals surface area (Å²) in [7, 11) is 0. The monoisotopic (exact) mass is 266 g/mol. The molecule has 17 heavy (non-hydrogen) atoms. The van der Waals surface area contributed by atoms with E-state index < -0.39 is 30.5 Å². The Kier molecular flexibility index (Phi) is 3.26. The number of alkyl halides is 7. The second-order valence-corrected chi connectivity index (χ2v) is 2.99. The van der Waals surface area contributed by atoms with Gasteiger partial charge >= 0.3 is 18.0 Å². The van der Waals surface area contributed by atoms with E-state index in [1.54, 1.807) is 0 Å². The molecule has 0 aliphatic rings. The number of halogens is 7. The topological polar surface area (TPSA) is 37.9 Å². The van der Waals surface area contributed by atoms with E-state index in [2.05, 4.69) is 9.84 Å². The van der Waals surface area contributed by atoms with Gasteiger partial charge in [-0.2, -0.15) is 35.8 Å². The van der Waals surface area contributed by atoms with Crippen molar-refractivity contribution < 1.29 is 35.5 Å². The minimum atomic E-state index is -6.35. The zero-order chi connectivity index (χ0) is 13.3. The molecule has 0 aliphatic carbocycles. The summed E-state index contributed by atoms with van der Waals surface area (Å²) in [5.41, 5.74) is 0.